The number of benzene rings is 1. The Morgan fingerprint density at radius 1 is 1.18 bits per heavy atom. The van der Waals surface area contributed by atoms with Gasteiger partial charge >= 0.3 is 6.18 Å². The summed E-state index contributed by atoms with van der Waals surface area (Å²) in [5.41, 5.74) is -0.243. The van der Waals surface area contributed by atoms with Crippen molar-refractivity contribution in [2.24, 2.45) is 0 Å². The van der Waals surface area contributed by atoms with E-state index in [-0.39, 0.29) is 40.7 Å². The highest BCUT2D eigenvalue weighted by Gasteiger charge is 2.41. The van der Waals surface area contributed by atoms with Crippen molar-refractivity contribution in [1.29, 1.82) is 0 Å². The Bertz CT molecular complexity index is 709. The van der Waals surface area contributed by atoms with Crippen LogP contribution in [0.4, 0.5) is 13.2 Å². The number of amides is 1. The van der Waals surface area contributed by atoms with Gasteiger partial charge in [0, 0.05) is 35.1 Å². The summed E-state index contributed by atoms with van der Waals surface area (Å²) in [7, 11) is 0. The molecule has 0 fully saturated rings. The molecule has 2 aliphatic rings. The van der Waals surface area contributed by atoms with Crippen LogP contribution in [0.1, 0.15) is 36.3 Å². The molecule has 0 bridgehead atoms. The Morgan fingerprint density at radius 2 is 1.91 bits per heavy atom. The number of ketones is 1. The maximum absolute atomic E-state index is 13.2. The van der Waals surface area contributed by atoms with E-state index >= 15 is 0 Å². The largest absolute Gasteiger partial charge is 0.416 e. The van der Waals surface area contributed by atoms with Crippen LogP contribution in [0.5, 0.6) is 0 Å². The molecule has 0 saturated heterocycles. The molecule has 3 nitrogen and oxygen atoms in total. The Labute approximate surface area is 129 Å². The maximum atomic E-state index is 13.2. The van der Waals surface area contributed by atoms with Crippen molar-refractivity contribution in [1.82, 2.24) is 5.32 Å². The first-order valence-electron chi connectivity index (χ1n) is 6.70. The van der Waals surface area contributed by atoms with E-state index in [2.05, 4.69) is 5.32 Å². The van der Waals surface area contributed by atoms with Crippen LogP contribution in [0.15, 0.2) is 29.5 Å². The van der Waals surface area contributed by atoms with Gasteiger partial charge in [0.1, 0.15) is 0 Å². The molecule has 0 radical (unpaired) electrons. The van der Waals surface area contributed by atoms with E-state index < -0.39 is 17.7 Å². The van der Waals surface area contributed by atoms with Crippen LogP contribution in [0, 0.1) is 0 Å². The van der Waals surface area contributed by atoms with Gasteiger partial charge in [-0.15, -0.1) is 0 Å². The standard InChI is InChI=1S/C15H11ClF3NO2/c16-7-1-2-10(15(17,18)19)8(5-7)9-6-13(22)20-11-3-4-12(21)14(9)11/h1-2,5,9H,3-4,6H2,(H,20,22). The Hall–Kier alpha value is -1.82. The number of halogens is 4. The number of allylic oxidation sites excluding steroid dienone is 2. The molecular weight excluding hydrogens is 319 g/mol. The molecule has 1 aromatic rings. The summed E-state index contributed by atoms with van der Waals surface area (Å²) in [5, 5.41) is 2.73. The molecule has 0 spiro atoms. The zero-order valence-electron chi connectivity index (χ0n) is 11.3. The number of rotatable bonds is 1. The van der Waals surface area contributed by atoms with E-state index in [4.69, 9.17) is 11.6 Å². The third-order valence-corrected chi connectivity index (χ3v) is 4.19. The van der Waals surface area contributed by atoms with Gasteiger partial charge in [-0.25, -0.2) is 0 Å². The van der Waals surface area contributed by atoms with Crippen molar-refractivity contribution >= 4 is 23.3 Å². The predicted molar refractivity (Wildman–Crippen MR) is 73.2 cm³/mol. The summed E-state index contributed by atoms with van der Waals surface area (Å²) >= 11 is 5.83. The Kier molecular flexibility index (Phi) is 3.51. The summed E-state index contributed by atoms with van der Waals surface area (Å²) in [6.07, 6.45) is -4.19. The fourth-order valence-corrected chi connectivity index (χ4v) is 3.24. The first-order valence-corrected chi connectivity index (χ1v) is 7.08. The van der Waals surface area contributed by atoms with Gasteiger partial charge < -0.3 is 5.32 Å². The maximum Gasteiger partial charge on any atom is 0.416 e. The van der Waals surface area contributed by atoms with E-state index in [1.165, 1.54) is 6.07 Å². The minimum absolute atomic E-state index is 0.113. The molecule has 22 heavy (non-hydrogen) atoms. The number of alkyl halides is 3. The quantitative estimate of drug-likeness (QED) is 0.856. The van der Waals surface area contributed by atoms with Crippen LogP contribution in [0.25, 0.3) is 0 Å². The summed E-state index contributed by atoms with van der Waals surface area (Å²) in [4.78, 5) is 23.8. The van der Waals surface area contributed by atoms with Crippen molar-refractivity contribution in [3.63, 3.8) is 0 Å². The molecule has 1 heterocycles. The van der Waals surface area contributed by atoms with Gasteiger partial charge in [0.2, 0.25) is 5.91 Å². The normalized spacial score (nSPS) is 21.9. The lowest BCUT2D eigenvalue weighted by Gasteiger charge is -2.27. The Morgan fingerprint density at radius 3 is 2.59 bits per heavy atom. The second kappa shape index (κ2) is 5.12. The highest BCUT2D eigenvalue weighted by atomic mass is 35.5. The molecular formula is C15H11ClF3NO2. The highest BCUT2D eigenvalue weighted by molar-refractivity contribution is 6.30. The number of hydrogen-bond acceptors (Lipinski definition) is 2. The fourth-order valence-electron chi connectivity index (χ4n) is 3.06. The highest BCUT2D eigenvalue weighted by Crippen LogP contribution is 2.44. The van der Waals surface area contributed by atoms with Crippen molar-refractivity contribution in [3.05, 3.63) is 45.6 Å². The van der Waals surface area contributed by atoms with Gasteiger partial charge in [-0.1, -0.05) is 11.6 Å². The fraction of sp³-hybridized carbons (Fsp3) is 0.333. The average molecular weight is 330 g/mol. The molecule has 1 unspecified atom stereocenters. The van der Waals surface area contributed by atoms with E-state index in [9.17, 15) is 22.8 Å². The van der Waals surface area contributed by atoms with Gasteiger partial charge in [0.25, 0.3) is 0 Å². The molecule has 116 valence electrons. The summed E-state index contributed by atoms with van der Waals surface area (Å²) in [6, 6.07) is 3.25. The summed E-state index contributed by atoms with van der Waals surface area (Å²) < 4.78 is 39.7. The van der Waals surface area contributed by atoms with E-state index in [1.54, 1.807) is 0 Å². The zero-order chi connectivity index (χ0) is 16.1. The number of nitrogens with one attached hydrogen (secondary N) is 1. The molecule has 1 N–H and O–H groups in total. The monoisotopic (exact) mass is 329 g/mol. The van der Waals surface area contributed by atoms with Crippen molar-refractivity contribution < 1.29 is 22.8 Å². The molecule has 1 aliphatic heterocycles. The topological polar surface area (TPSA) is 46.2 Å². The third kappa shape index (κ3) is 2.52. The van der Waals surface area contributed by atoms with E-state index in [1.807, 2.05) is 0 Å². The molecule has 0 saturated carbocycles. The number of carbonyl (C=O) groups is 2. The van der Waals surface area contributed by atoms with Crippen LogP contribution in [0.2, 0.25) is 5.02 Å². The minimum Gasteiger partial charge on any atom is -0.329 e. The van der Waals surface area contributed by atoms with Gasteiger partial charge in [-0.05, 0) is 30.2 Å². The second-order valence-corrected chi connectivity index (χ2v) is 5.79. The lowest BCUT2D eigenvalue weighted by molar-refractivity contribution is -0.138. The first kappa shape index (κ1) is 15.1. The van der Waals surface area contributed by atoms with Crippen LogP contribution in [-0.4, -0.2) is 11.7 Å². The smallest absolute Gasteiger partial charge is 0.329 e. The third-order valence-electron chi connectivity index (χ3n) is 3.95. The molecule has 1 aliphatic carbocycles. The molecule has 1 amide bonds. The predicted octanol–water partition coefficient (Wildman–Crippen LogP) is 3.58. The number of carbonyl (C=O) groups excluding carboxylic acids is 2. The zero-order valence-corrected chi connectivity index (χ0v) is 12.0. The van der Waals surface area contributed by atoms with Crippen LogP contribution < -0.4 is 5.32 Å². The van der Waals surface area contributed by atoms with Crippen LogP contribution >= 0.6 is 11.6 Å². The van der Waals surface area contributed by atoms with Gasteiger partial charge in [-0.3, -0.25) is 9.59 Å². The minimum atomic E-state index is -4.57. The first-order chi connectivity index (χ1) is 10.3. The summed E-state index contributed by atoms with van der Waals surface area (Å²) in [6.45, 7) is 0. The van der Waals surface area contributed by atoms with Crippen LogP contribution in [-0.2, 0) is 15.8 Å². The van der Waals surface area contributed by atoms with E-state index in [0.717, 1.165) is 12.1 Å². The lowest BCUT2D eigenvalue weighted by Crippen LogP contribution is -2.32. The number of Topliss-reactive ketones (excluding diaryl/α,β-unsaturated/α-hetero) is 1. The SMILES string of the molecule is O=C1CC(c2cc(Cl)ccc2C(F)(F)F)C2=C(CCC2=O)N1. The molecule has 7 heteroatoms. The van der Waals surface area contributed by atoms with Gasteiger partial charge in [0.15, 0.2) is 5.78 Å². The van der Waals surface area contributed by atoms with Gasteiger partial charge in [0.05, 0.1) is 5.56 Å². The van der Waals surface area contributed by atoms with Crippen LogP contribution in [0.3, 0.4) is 0 Å². The van der Waals surface area contributed by atoms with Crippen molar-refractivity contribution in [2.75, 3.05) is 0 Å². The molecule has 0 aromatic heterocycles. The number of hydrogen-bond donors (Lipinski definition) is 1. The summed E-state index contributed by atoms with van der Waals surface area (Å²) in [5.74, 6) is -1.49. The lowest BCUT2D eigenvalue weighted by atomic mass is 9.82. The van der Waals surface area contributed by atoms with E-state index in [0.29, 0.717) is 12.1 Å². The van der Waals surface area contributed by atoms with Gasteiger partial charge in [-0.2, -0.15) is 13.2 Å². The second-order valence-electron chi connectivity index (χ2n) is 5.35. The molecule has 1 atom stereocenters. The molecule has 3 rings (SSSR count). The van der Waals surface area contributed by atoms with Crippen molar-refractivity contribution in [2.45, 2.75) is 31.4 Å². The average Bonchev–Trinajstić information content (AvgIpc) is 2.78. The van der Waals surface area contributed by atoms with Crippen molar-refractivity contribution in [3.8, 4) is 0 Å². The Balaban J connectivity index is 2.18. The molecule has 1 aromatic carbocycles.